The number of nitrogens with zero attached hydrogens (tertiary/aromatic N) is 1. The van der Waals surface area contributed by atoms with Crippen LogP contribution in [0.15, 0.2) is 43.0 Å². The fourth-order valence-corrected chi connectivity index (χ4v) is 2.65. The van der Waals surface area contributed by atoms with E-state index in [-0.39, 0.29) is 16.9 Å². The molecule has 0 atom stereocenters. The average Bonchev–Trinajstić information content (AvgIpc) is 2.66. The van der Waals surface area contributed by atoms with Crippen LogP contribution >= 0.6 is 0 Å². The highest BCUT2D eigenvalue weighted by Crippen LogP contribution is 2.33. The highest BCUT2D eigenvalue weighted by atomic mass is 16.5. The fourth-order valence-electron chi connectivity index (χ4n) is 2.65. The summed E-state index contributed by atoms with van der Waals surface area (Å²) < 4.78 is 15.9. The molecule has 0 saturated heterocycles. The Labute approximate surface area is 147 Å². The molecule has 0 amide bonds. The summed E-state index contributed by atoms with van der Waals surface area (Å²) in [6.07, 6.45) is 2.24. The zero-order valence-electron chi connectivity index (χ0n) is 14.5. The molecule has 0 saturated carbocycles. The molecule has 0 aliphatic heterocycles. The maximum Gasteiger partial charge on any atom is 0.198 e. The zero-order valence-corrected chi connectivity index (χ0v) is 14.5. The number of nitriles is 1. The van der Waals surface area contributed by atoms with Crippen molar-refractivity contribution >= 4 is 5.78 Å². The van der Waals surface area contributed by atoms with Gasteiger partial charge in [-0.05, 0) is 30.7 Å². The van der Waals surface area contributed by atoms with Gasteiger partial charge in [0.15, 0.2) is 5.78 Å². The predicted molar refractivity (Wildman–Crippen MR) is 94.6 cm³/mol. The van der Waals surface area contributed by atoms with Crippen molar-refractivity contribution < 1.29 is 19.0 Å². The number of methoxy groups -OCH3 is 3. The summed E-state index contributed by atoms with van der Waals surface area (Å²) in [5.74, 6) is 0.984. The number of hydrogen-bond acceptors (Lipinski definition) is 5. The SMILES string of the molecule is C=CCc1cc(OC)cc(C(=O)c2cccc(OC)c2C#N)c1OC. The second kappa shape index (κ2) is 8.02. The van der Waals surface area contributed by atoms with E-state index in [0.29, 0.717) is 29.2 Å². The van der Waals surface area contributed by atoms with Crippen molar-refractivity contribution in [1.82, 2.24) is 0 Å². The van der Waals surface area contributed by atoms with Crippen molar-refractivity contribution in [3.05, 3.63) is 65.2 Å². The fraction of sp³-hybridized carbons (Fsp3) is 0.200. The topological polar surface area (TPSA) is 68.5 Å². The molecule has 5 nitrogen and oxygen atoms in total. The summed E-state index contributed by atoms with van der Waals surface area (Å²) in [7, 11) is 4.49. The lowest BCUT2D eigenvalue weighted by atomic mass is 9.95. The Bertz CT molecular complexity index is 850. The molecule has 0 fully saturated rings. The zero-order chi connectivity index (χ0) is 18.4. The lowest BCUT2D eigenvalue weighted by Gasteiger charge is -2.15. The van der Waals surface area contributed by atoms with E-state index in [1.165, 1.54) is 21.3 Å². The van der Waals surface area contributed by atoms with Gasteiger partial charge >= 0.3 is 0 Å². The summed E-state index contributed by atoms with van der Waals surface area (Å²) in [4.78, 5) is 13.1. The molecule has 0 N–H and O–H groups in total. The smallest absolute Gasteiger partial charge is 0.198 e. The van der Waals surface area contributed by atoms with E-state index in [1.807, 2.05) is 6.07 Å². The van der Waals surface area contributed by atoms with Crippen LogP contribution in [0.5, 0.6) is 17.2 Å². The average molecular weight is 337 g/mol. The molecule has 2 aromatic carbocycles. The first-order chi connectivity index (χ1) is 12.1. The Balaban J connectivity index is 2.69. The lowest BCUT2D eigenvalue weighted by molar-refractivity contribution is 0.103. The van der Waals surface area contributed by atoms with Gasteiger partial charge in [0.25, 0.3) is 0 Å². The molecule has 5 heteroatoms. The highest BCUT2D eigenvalue weighted by molar-refractivity contribution is 6.13. The Morgan fingerprint density at radius 1 is 1.16 bits per heavy atom. The molecule has 0 aliphatic carbocycles. The monoisotopic (exact) mass is 337 g/mol. The van der Waals surface area contributed by atoms with Crippen LogP contribution in [0.1, 0.15) is 27.0 Å². The lowest BCUT2D eigenvalue weighted by Crippen LogP contribution is -2.09. The Morgan fingerprint density at radius 2 is 1.92 bits per heavy atom. The van der Waals surface area contributed by atoms with Crippen LogP contribution < -0.4 is 14.2 Å². The third-order valence-corrected chi connectivity index (χ3v) is 3.79. The van der Waals surface area contributed by atoms with Gasteiger partial charge in [0.05, 0.1) is 26.9 Å². The van der Waals surface area contributed by atoms with Gasteiger partial charge in [0.1, 0.15) is 28.9 Å². The number of ether oxygens (including phenoxy) is 3. The van der Waals surface area contributed by atoms with E-state index in [9.17, 15) is 10.1 Å². The molecule has 0 unspecified atom stereocenters. The number of carbonyl (C=O) groups excluding carboxylic acids is 1. The molecule has 0 spiro atoms. The summed E-state index contributed by atoms with van der Waals surface area (Å²) in [5.41, 5.74) is 1.54. The number of ketones is 1. The van der Waals surface area contributed by atoms with Crippen molar-refractivity contribution in [3.8, 4) is 23.3 Å². The number of allylic oxidation sites excluding steroid dienone is 1. The molecular weight excluding hydrogens is 318 g/mol. The summed E-state index contributed by atoms with van der Waals surface area (Å²) >= 11 is 0. The number of hydrogen-bond donors (Lipinski definition) is 0. The highest BCUT2D eigenvalue weighted by Gasteiger charge is 2.23. The van der Waals surface area contributed by atoms with Gasteiger partial charge in [-0.3, -0.25) is 4.79 Å². The van der Waals surface area contributed by atoms with E-state index in [2.05, 4.69) is 6.58 Å². The molecule has 0 heterocycles. The van der Waals surface area contributed by atoms with Gasteiger partial charge in [-0.2, -0.15) is 5.26 Å². The van der Waals surface area contributed by atoms with Gasteiger partial charge < -0.3 is 14.2 Å². The van der Waals surface area contributed by atoms with Gasteiger partial charge in [0, 0.05) is 11.1 Å². The molecular formula is C20H19NO4. The first-order valence-corrected chi connectivity index (χ1v) is 7.58. The number of benzene rings is 2. The summed E-state index contributed by atoms with van der Waals surface area (Å²) in [6, 6.07) is 10.3. The molecule has 2 aromatic rings. The van der Waals surface area contributed by atoms with Crippen molar-refractivity contribution in [1.29, 1.82) is 5.26 Å². The van der Waals surface area contributed by atoms with Gasteiger partial charge in [-0.25, -0.2) is 0 Å². The third-order valence-electron chi connectivity index (χ3n) is 3.79. The summed E-state index contributed by atoms with van der Waals surface area (Å²) in [5, 5.41) is 9.44. The maximum absolute atomic E-state index is 13.1. The van der Waals surface area contributed by atoms with Crippen molar-refractivity contribution in [3.63, 3.8) is 0 Å². The normalized spacial score (nSPS) is 9.84. The molecule has 0 aromatic heterocycles. The minimum absolute atomic E-state index is 0.185. The van der Waals surface area contributed by atoms with E-state index in [0.717, 1.165) is 5.56 Å². The van der Waals surface area contributed by atoms with Crippen LogP contribution in [-0.2, 0) is 6.42 Å². The molecule has 0 bridgehead atoms. The maximum atomic E-state index is 13.1. The van der Waals surface area contributed by atoms with Crippen LogP contribution in [0.2, 0.25) is 0 Å². The quantitative estimate of drug-likeness (QED) is 0.571. The molecule has 25 heavy (non-hydrogen) atoms. The van der Waals surface area contributed by atoms with E-state index >= 15 is 0 Å². The summed E-state index contributed by atoms with van der Waals surface area (Å²) in [6.45, 7) is 3.73. The minimum Gasteiger partial charge on any atom is -0.497 e. The number of carbonyl (C=O) groups is 1. The first kappa shape index (κ1) is 18.1. The predicted octanol–water partition coefficient (Wildman–Crippen LogP) is 3.54. The Kier molecular flexibility index (Phi) is 5.80. The second-order valence-corrected chi connectivity index (χ2v) is 5.18. The number of rotatable bonds is 7. The van der Waals surface area contributed by atoms with Crippen molar-refractivity contribution in [2.24, 2.45) is 0 Å². The van der Waals surface area contributed by atoms with E-state index in [1.54, 1.807) is 36.4 Å². The second-order valence-electron chi connectivity index (χ2n) is 5.18. The van der Waals surface area contributed by atoms with Gasteiger partial charge in [-0.15, -0.1) is 6.58 Å². The van der Waals surface area contributed by atoms with Crippen LogP contribution in [0.25, 0.3) is 0 Å². The Morgan fingerprint density at radius 3 is 2.48 bits per heavy atom. The van der Waals surface area contributed by atoms with Crippen molar-refractivity contribution in [2.75, 3.05) is 21.3 Å². The van der Waals surface area contributed by atoms with Gasteiger partial charge in [0.2, 0.25) is 0 Å². The Hall–Kier alpha value is -3.26. The van der Waals surface area contributed by atoms with Gasteiger partial charge in [-0.1, -0.05) is 12.1 Å². The molecule has 2 rings (SSSR count). The minimum atomic E-state index is -0.337. The van der Waals surface area contributed by atoms with E-state index < -0.39 is 0 Å². The van der Waals surface area contributed by atoms with Crippen LogP contribution in [-0.4, -0.2) is 27.1 Å². The molecule has 0 aliphatic rings. The van der Waals surface area contributed by atoms with Crippen LogP contribution in [0, 0.1) is 11.3 Å². The molecule has 128 valence electrons. The first-order valence-electron chi connectivity index (χ1n) is 7.58. The standard InChI is InChI=1S/C20H19NO4/c1-5-7-13-10-14(23-2)11-16(20(13)25-4)19(22)15-8-6-9-18(24-3)17(15)12-21/h5-6,8-11H,1,7H2,2-4H3. The van der Waals surface area contributed by atoms with Crippen molar-refractivity contribution in [2.45, 2.75) is 6.42 Å². The van der Waals surface area contributed by atoms with E-state index in [4.69, 9.17) is 14.2 Å². The van der Waals surface area contributed by atoms with Crippen LogP contribution in [0.3, 0.4) is 0 Å². The van der Waals surface area contributed by atoms with Crippen LogP contribution in [0.4, 0.5) is 0 Å². The molecule has 0 radical (unpaired) electrons. The third kappa shape index (κ3) is 3.48. The largest absolute Gasteiger partial charge is 0.497 e.